The molecule has 0 unspecified atom stereocenters. The van der Waals surface area contributed by atoms with Crippen molar-refractivity contribution in [2.24, 2.45) is 0 Å². The lowest BCUT2D eigenvalue weighted by Crippen LogP contribution is -2.33. The smallest absolute Gasteiger partial charge is 0.331 e. The second kappa shape index (κ2) is 8.63. The summed E-state index contributed by atoms with van der Waals surface area (Å²) < 4.78 is 4.75. The van der Waals surface area contributed by atoms with Gasteiger partial charge in [0, 0.05) is 16.1 Å². The lowest BCUT2D eigenvalue weighted by Gasteiger charge is -2.03. The van der Waals surface area contributed by atoms with Gasteiger partial charge >= 0.3 is 5.97 Å². The average Bonchev–Trinajstić information content (AvgIpc) is 3.06. The minimum atomic E-state index is -0.736. The molecule has 1 heterocycles. The molecule has 1 aromatic carbocycles. The molecule has 1 aromatic heterocycles. The maximum absolute atomic E-state index is 11.6. The number of carbonyl (C=O) groups is 3. The first-order chi connectivity index (χ1) is 11.5. The average molecular weight is 384 g/mol. The van der Waals surface area contributed by atoms with E-state index in [0.29, 0.717) is 20.5 Å². The van der Waals surface area contributed by atoms with E-state index in [9.17, 15) is 14.4 Å². The Hall–Kier alpha value is -2.15. The molecular weight excluding hydrogens is 373 g/mol. The van der Waals surface area contributed by atoms with Crippen molar-refractivity contribution >= 4 is 58.4 Å². The fourth-order valence-electron chi connectivity index (χ4n) is 1.61. The van der Waals surface area contributed by atoms with Gasteiger partial charge in [0.2, 0.25) is 0 Å². The molecule has 0 atom stereocenters. The van der Waals surface area contributed by atoms with Crippen LogP contribution in [0.3, 0.4) is 0 Å². The van der Waals surface area contributed by atoms with Crippen LogP contribution >= 0.6 is 34.5 Å². The molecule has 0 fully saturated rings. The van der Waals surface area contributed by atoms with Gasteiger partial charge in [-0.2, -0.15) is 0 Å². The zero-order valence-corrected chi connectivity index (χ0v) is 14.5. The van der Waals surface area contributed by atoms with E-state index in [2.05, 4.69) is 5.32 Å². The maximum atomic E-state index is 11.6. The van der Waals surface area contributed by atoms with Gasteiger partial charge in [-0.25, -0.2) is 4.79 Å². The van der Waals surface area contributed by atoms with E-state index in [1.807, 2.05) is 0 Å². The molecule has 0 saturated heterocycles. The van der Waals surface area contributed by atoms with Crippen LogP contribution in [0.5, 0.6) is 0 Å². The Morgan fingerprint density at radius 2 is 2.00 bits per heavy atom. The Balaban J connectivity index is 1.81. The van der Waals surface area contributed by atoms with Gasteiger partial charge in [0.05, 0.1) is 4.88 Å². The molecule has 24 heavy (non-hydrogen) atoms. The molecule has 124 valence electrons. The molecule has 0 saturated carbocycles. The number of halogens is 2. The number of hydrogen-bond donors (Lipinski definition) is 1. The molecule has 1 N–H and O–H groups in total. The Kier molecular flexibility index (Phi) is 6.54. The minimum absolute atomic E-state index is 0.380. The predicted octanol–water partition coefficient (Wildman–Crippen LogP) is 3.57. The minimum Gasteiger partial charge on any atom is -0.452 e. The van der Waals surface area contributed by atoms with Crippen LogP contribution in [0.2, 0.25) is 10.0 Å². The van der Waals surface area contributed by atoms with Crippen LogP contribution in [-0.4, -0.2) is 24.4 Å². The van der Waals surface area contributed by atoms with E-state index in [0.717, 1.165) is 6.08 Å². The molecule has 2 rings (SSSR count). The van der Waals surface area contributed by atoms with E-state index in [1.54, 1.807) is 29.6 Å². The van der Waals surface area contributed by atoms with Crippen molar-refractivity contribution in [3.63, 3.8) is 0 Å². The van der Waals surface area contributed by atoms with Crippen LogP contribution in [0.1, 0.15) is 15.2 Å². The largest absolute Gasteiger partial charge is 0.452 e. The van der Waals surface area contributed by atoms with Gasteiger partial charge in [-0.05, 0) is 35.2 Å². The van der Waals surface area contributed by atoms with Crippen molar-refractivity contribution < 1.29 is 19.1 Å². The third kappa shape index (κ3) is 5.49. The fraction of sp³-hybridized carbons (Fsp3) is 0.0625. The monoisotopic (exact) mass is 383 g/mol. The van der Waals surface area contributed by atoms with Crippen molar-refractivity contribution in [1.82, 2.24) is 5.32 Å². The summed E-state index contributed by atoms with van der Waals surface area (Å²) in [7, 11) is 0. The van der Waals surface area contributed by atoms with Crippen LogP contribution in [0.4, 0.5) is 0 Å². The molecule has 0 radical (unpaired) electrons. The third-order valence-corrected chi connectivity index (χ3v) is 4.14. The highest BCUT2D eigenvalue weighted by molar-refractivity contribution is 7.12. The Morgan fingerprint density at radius 1 is 1.21 bits per heavy atom. The van der Waals surface area contributed by atoms with Gasteiger partial charge in [-0.1, -0.05) is 35.3 Å². The number of thiophene rings is 1. The second-order valence-corrected chi connectivity index (χ2v) is 6.25. The number of esters is 1. The van der Waals surface area contributed by atoms with Crippen molar-refractivity contribution in [3.8, 4) is 0 Å². The fourth-order valence-corrected chi connectivity index (χ4v) is 2.70. The molecular formula is C16H11Cl2NO4S. The van der Waals surface area contributed by atoms with Crippen LogP contribution in [0.25, 0.3) is 6.08 Å². The number of amides is 2. The number of hydrogen-bond acceptors (Lipinski definition) is 5. The van der Waals surface area contributed by atoms with Crippen LogP contribution in [0.15, 0.2) is 41.8 Å². The highest BCUT2D eigenvalue weighted by Gasteiger charge is 2.12. The SMILES string of the molecule is O=C(COC(=O)/C=C/c1ccc(Cl)cc1Cl)NC(=O)c1cccs1. The summed E-state index contributed by atoms with van der Waals surface area (Å²) >= 11 is 12.9. The van der Waals surface area contributed by atoms with E-state index in [4.69, 9.17) is 27.9 Å². The summed E-state index contributed by atoms with van der Waals surface area (Å²) in [6.45, 7) is -0.561. The normalized spacial score (nSPS) is 10.6. The summed E-state index contributed by atoms with van der Waals surface area (Å²) in [6, 6.07) is 8.08. The summed E-state index contributed by atoms with van der Waals surface area (Å²) in [4.78, 5) is 35.2. The first kappa shape index (κ1) is 18.2. The predicted molar refractivity (Wildman–Crippen MR) is 93.2 cm³/mol. The molecule has 0 aliphatic rings. The standard InChI is InChI=1S/C16H11Cl2NO4S/c17-11-5-3-10(12(18)8-11)4-6-15(21)23-9-14(20)19-16(22)13-2-1-7-24-13/h1-8H,9H2,(H,19,20,22)/b6-4+. The Bertz CT molecular complexity index is 787. The molecule has 5 nitrogen and oxygen atoms in total. The van der Waals surface area contributed by atoms with Gasteiger partial charge in [0.25, 0.3) is 11.8 Å². The van der Waals surface area contributed by atoms with Crippen LogP contribution in [0, 0.1) is 0 Å². The highest BCUT2D eigenvalue weighted by atomic mass is 35.5. The van der Waals surface area contributed by atoms with Crippen molar-refractivity contribution in [2.45, 2.75) is 0 Å². The number of carbonyl (C=O) groups excluding carboxylic acids is 3. The number of ether oxygens (including phenoxy) is 1. The van der Waals surface area contributed by atoms with E-state index in [-0.39, 0.29) is 0 Å². The quantitative estimate of drug-likeness (QED) is 0.632. The molecule has 2 aromatic rings. The molecule has 0 aliphatic carbocycles. The topological polar surface area (TPSA) is 72.5 Å². The summed E-state index contributed by atoms with van der Waals surface area (Å²) in [5.41, 5.74) is 0.579. The second-order valence-electron chi connectivity index (χ2n) is 4.46. The van der Waals surface area contributed by atoms with Crippen molar-refractivity contribution in [2.75, 3.05) is 6.61 Å². The van der Waals surface area contributed by atoms with Crippen LogP contribution in [-0.2, 0) is 14.3 Å². The molecule has 0 spiro atoms. The lowest BCUT2D eigenvalue weighted by atomic mass is 10.2. The number of imide groups is 1. The number of benzene rings is 1. The maximum Gasteiger partial charge on any atom is 0.331 e. The van der Waals surface area contributed by atoms with Crippen molar-refractivity contribution in [1.29, 1.82) is 0 Å². The molecule has 2 amide bonds. The number of rotatable bonds is 5. The zero-order chi connectivity index (χ0) is 17.5. The third-order valence-electron chi connectivity index (χ3n) is 2.70. The van der Waals surface area contributed by atoms with E-state index >= 15 is 0 Å². The zero-order valence-electron chi connectivity index (χ0n) is 12.1. The van der Waals surface area contributed by atoms with Crippen LogP contribution < -0.4 is 5.32 Å². The van der Waals surface area contributed by atoms with Gasteiger partial charge in [0.1, 0.15) is 0 Å². The molecule has 0 bridgehead atoms. The van der Waals surface area contributed by atoms with Gasteiger partial charge < -0.3 is 4.74 Å². The number of nitrogens with one attached hydrogen (secondary N) is 1. The van der Waals surface area contributed by atoms with E-state index < -0.39 is 24.4 Å². The first-order valence-electron chi connectivity index (χ1n) is 6.63. The summed E-state index contributed by atoms with van der Waals surface area (Å²) in [5.74, 6) is -1.98. The highest BCUT2D eigenvalue weighted by Crippen LogP contribution is 2.21. The van der Waals surface area contributed by atoms with Gasteiger partial charge in [-0.15, -0.1) is 11.3 Å². The Morgan fingerprint density at radius 3 is 2.67 bits per heavy atom. The molecule has 8 heteroatoms. The Labute approximate surface area is 151 Å². The van der Waals surface area contributed by atoms with E-state index in [1.165, 1.54) is 23.5 Å². The van der Waals surface area contributed by atoms with Gasteiger partial charge in [0.15, 0.2) is 6.61 Å². The van der Waals surface area contributed by atoms with Gasteiger partial charge in [-0.3, -0.25) is 14.9 Å². The summed E-state index contributed by atoms with van der Waals surface area (Å²) in [5, 5.41) is 4.70. The first-order valence-corrected chi connectivity index (χ1v) is 8.27. The molecule has 0 aliphatic heterocycles. The summed E-state index contributed by atoms with van der Waals surface area (Å²) in [6.07, 6.45) is 2.57. The lowest BCUT2D eigenvalue weighted by molar-refractivity contribution is -0.143. The van der Waals surface area contributed by atoms with Crippen molar-refractivity contribution in [3.05, 3.63) is 62.3 Å².